The highest BCUT2D eigenvalue weighted by molar-refractivity contribution is 7.10. The molecule has 172 valence electrons. The number of aliphatic imine (C=N–C) groups is 1. The first-order chi connectivity index (χ1) is 16.5. The number of hydrogen-bond donors (Lipinski definition) is 1. The Kier molecular flexibility index (Phi) is 6.11. The predicted molar refractivity (Wildman–Crippen MR) is 134 cm³/mol. The zero-order chi connectivity index (χ0) is 23.7. The number of hydrogen-bond acceptors (Lipinski definition) is 6. The topological polar surface area (TPSA) is 80.6 Å². The molecule has 3 atom stereocenters. The fourth-order valence-electron chi connectivity index (χ4n) is 4.98. The van der Waals surface area contributed by atoms with Crippen LogP contribution in [0.2, 0.25) is 0 Å². The number of carbonyl (C=O) groups excluding carboxylic acids is 2. The quantitative estimate of drug-likeness (QED) is 0.543. The fourth-order valence-corrected chi connectivity index (χ4v) is 5.85. The van der Waals surface area contributed by atoms with Gasteiger partial charge in [0.2, 0.25) is 0 Å². The number of Topliss-reactive ketones (excluding diaryl/α,β-unsaturated/α-hetero) is 1. The number of ether oxygens (including phenoxy) is 1. The Morgan fingerprint density at radius 1 is 1.06 bits per heavy atom. The summed E-state index contributed by atoms with van der Waals surface area (Å²) in [5.41, 5.74) is 3.16. The highest BCUT2D eigenvalue weighted by Gasteiger charge is 2.46. The van der Waals surface area contributed by atoms with Gasteiger partial charge in [0, 0.05) is 40.4 Å². The average molecular weight is 472 g/mol. The molecular formula is C27H25N3O3S. The Morgan fingerprint density at radius 2 is 1.88 bits per heavy atom. The lowest BCUT2D eigenvalue weighted by molar-refractivity contribution is -0.122. The third-order valence-corrected chi connectivity index (χ3v) is 7.50. The molecule has 0 radical (unpaired) electrons. The number of allylic oxidation sites excluding steroid dienone is 1. The molecule has 1 saturated carbocycles. The summed E-state index contributed by atoms with van der Waals surface area (Å²) in [6.07, 6.45) is 2.75. The standard InChI is InChI=1S/C27H25N3O3S/c1-16-24(27(32)30-23-7-3-4-12-28-23)26(22-6-5-13-34-22)25-20(29-16)14-18(15-21(25)31)17-8-10-19(33-2)11-9-17/h3-13,18,25-26H,14-15H2,1-2H3,(H,28,30,32). The summed E-state index contributed by atoms with van der Waals surface area (Å²) < 4.78 is 5.27. The van der Waals surface area contributed by atoms with Crippen LogP contribution in [0.25, 0.3) is 0 Å². The summed E-state index contributed by atoms with van der Waals surface area (Å²) in [6, 6.07) is 17.2. The molecule has 1 aliphatic carbocycles. The van der Waals surface area contributed by atoms with E-state index in [0.29, 0.717) is 29.9 Å². The first-order valence-electron chi connectivity index (χ1n) is 11.3. The van der Waals surface area contributed by atoms with Crippen molar-refractivity contribution in [1.82, 2.24) is 4.98 Å². The van der Waals surface area contributed by atoms with Gasteiger partial charge in [0.05, 0.1) is 13.0 Å². The number of thiophene rings is 1. The Morgan fingerprint density at radius 3 is 2.56 bits per heavy atom. The van der Waals surface area contributed by atoms with Crippen molar-refractivity contribution in [3.63, 3.8) is 0 Å². The number of ketones is 1. The summed E-state index contributed by atoms with van der Waals surface area (Å²) in [5, 5.41) is 4.88. The lowest BCUT2D eigenvalue weighted by atomic mass is 9.67. The van der Waals surface area contributed by atoms with Crippen LogP contribution < -0.4 is 10.1 Å². The largest absolute Gasteiger partial charge is 0.497 e. The number of rotatable bonds is 5. The summed E-state index contributed by atoms with van der Waals surface area (Å²) in [5.74, 6) is 0.416. The van der Waals surface area contributed by atoms with E-state index in [0.717, 1.165) is 21.9 Å². The second-order valence-corrected chi connectivity index (χ2v) is 9.57. The van der Waals surface area contributed by atoms with Gasteiger partial charge in [-0.1, -0.05) is 24.3 Å². The molecule has 1 aliphatic heterocycles. The zero-order valence-electron chi connectivity index (χ0n) is 19.0. The highest BCUT2D eigenvalue weighted by Crippen LogP contribution is 2.47. The molecule has 5 rings (SSSR count). The number of fused-ring (bicyclic) bond motifs is 1. The summed E-state index contributed by atoms with van der Waals surface area (Å²) in [4.78, 5) is 37.1. The number of anilines is 1. The third-order valence-electron chi connectivity index (χ3n) is 6.54. The van der Waals surface area contributed by atoms with Crippen molar-refractivity contribution in [1.29, 1.82) is 0 Å². The number of benzene rings is 1. The average Bonchev–Trinajstić information content (AvgIpc) is 3.38. The molecule has 0 bridgehead atoms. The van der Waals surface area contributed by atoms with Crippen LogP contribution in [0.3, 0.4) is 0 Å². The van der Waals surface area contributed by atoms with Gasteiger partial charge >= 0.3 is 0 Å². The smallest absolute Gasteiger partial charge is 0.255 e. The van der Waals surface area contributed by atoms with Gasteiger partial charge in [0.1, 0.15) is 17.4 Å². The van der Waals surface area contributed by atoms with E-state index in [1.54, 1.807) is 36.8 Å². The molecule has 1 fully saturated rings. The lowest BCUT2D eigenvalue weighted by Gasteiger charge is -2.38. The minimum atomic E-state index is -0.429. The Hall–Kier alpha value is -3.58. The van der Waals surface area contributed by atoms with Gasteiger partial charge in [0.25, 0.3) is 5.91 Å². The molecule has 0 saturated heterocycles. The van der Waals surface area contributed by atoms with Gasteiger partial charge in [-0.2, -0.15) is 0 Å². The summed E-state index contributed by atoms with van der Waals surface area (Å²) >= 11 is 1.57. The number of amides is 1. The second kappa shape index (κ2) is 9.35. The van der Waals surface area contributed by atoms with E-state index in [2.05, 4.69) is 10.3 Å². The number of nitrogens with zero attached hydrogens (tertiary/aromatic N) is 2. The van der Waals surface area contributed by atoms with Crippen LogP contribution in [0, 0.1) is 5.92 Å². The number of carbonyl (C=O) groups is 2. The molecule has 7 heteroatoms. The van der Waals surface area contributed by atoms with E-state index in [9.17, 15) is 9.59 Å². The van der Waals surface area contributed by atoms with Gasteiger partial charge in [-0.3, -0.25) is 14.6 Å². The number of nitrogens with one attached hydrogen (secondary N) is 1. The first-order valence-corrected chi connectivity index (χ1v) is 12.1. The second-order valence-electron chi connectivity index (χ2n) is 8.59. The molecule has 3 heterocycles. The molecule has 3 unspecified atom stereocenters. The molecule has 1 N–H and O–H groups in total. The normalized spacial score (nSPS) is 22.1. The number of methoxy groups -OCH3 is 1. The highest BCUT2D eigenvalue weighted by atomic mass is 32.1. The number of pyridine rings is 1. The maximum atomic E-state index is 13.6. The first kappa shape index (κ1) is 22.2. The fraction of sp³-hybridized carbons (Fsp3) is 0.259. The zero-order valence-corrected chi connectivity index (χ0v) is 19.8. The molecule has 2 aliphatic rings. The Bertz CT molecular complexity index is 1260. The Balaban J connectivity index is 1.51. The molecule has 2 aromatic heterocycles. The van der Waals surface area contributed by atoms with Crippen molar-refractivity contribution >= 4 is 34.6 Å². The minimum Gasteiger partial charge on any atom is -0.497 e. The molecular weight excluding hydrogens is 446 g/mol. The predicted octanol–water partition coefficient (Wildman–Crippen LogP) is 5.37. The van der Waals surface area contributed by atoms with Crippen LogP contribution in [-0.2, 0) is 9.59 Å². The maximum absolute atomic E-state index is 13.6. The molecule has 0 spiro atoms. The van der Waals surface area contributed by atoms with Crippen LogP contribution in [0.4, 0.5) is 5.82 Å². The lowest BCUT2D eigenvalue weighted by Crippen LogP contribution is -2.41. The third kappa shape index (κ3) is 4.19. The van der Waals surface area contributed by atoms with E-state index in [-0.39, 0.29) is 23.5 Å². The van der Waals surface area contributed by atoms with Crippen molar-refractivity contribution in [2.45, 2.75) is 31.6 Å². The van der Waals surface area contributed by atoms with E-state index < -0.39 is 5.92 Å². The number of aromatic nitrogens is 1. The van der Waals surface area contributed by atoms with Crippen LogP contribution in [0.15, 0.2) is 82.4 Å². The van der Waals surface area contributed by atoms with E-state index >= 15 is 0 Å². The van der Waals surface area contributed by atoms with Gasteiger partial charge in [-0.05, 0) is 60.5 Å². The van der Waals surface area contributed by atoms with Gasteiger partial charge < -0.3 is 10.1 Å². The van der Waals surface area contributed by atoms with Crippen molar-refractivity contribution in [3.8, 4) is 5.75 Å². The van der Waals surface area contributed by atoms with E-state index in [1.165, 1.54) is 0 Å². The van der Waals surface area contributed by atoms with Crippen LogP contribution >= 0.6 is 11.3 Å². The molecule has 3 aromatic rings. The van der Waals surface area contributed by atoms with Gasteiger partial charge in [-0.25, -0.2) is 4.98 Å². The SMILES string of the molecule is COc1ccc(C2CC(=O)C3C(=NC(C)=C(C(=O)Nc4ccccn4)C3c3cccs3)C2)cc1. The van der Waals surface area contributed by atoms with Crippen LogP contribution in [0.1, 0.15) is 42.0 Å². The van der Waals surface area contributed by atoms with Gasteiger partial charge in [-0.15, -0.1) is 11.3 Å². The molecule has 34 heavy (non-hydrogen) atoms. The molecule has 1 amide bonds. The molecule has 1 aromatic carbocycles. The van der Waals surface area contributed by atoms with Crippen molar-refractivity contribution in [3.05, 3.63) is 87.9 Å². The Labute approximate surface area is 202 Å². The van der Waals surface area contributed by atoms with E-state index in [1.807, 2.05) is 54.8 Å². The van der Waals surface area contributed by atoms with Gasteiger partial charge in [0.15, 0.2) is 0 Å². The van der Waals surface area contributed by atoms with Crippen LogP contribution in [-0.4, -0.2) is 29.5 Å². The van der Waals surface area contributed by atoms with E-state index in [4.69, 9.17) is 9.73 Å². The maximum Gasteiger partial charge on any atom is 0.255 e. The monoisotopic (exact) mass is 471 g/mol. The van der Waals surface area contributed by atoms with Crippen LogP contribution in [0.5, 0.6) is 5.75 Å². The molecule has 6 nitrogen and oxygen atoms in total. The van der Waals surface area contributed by atoms with Crippen molar-refractivity contribution in [2.24, 2.45) is 10.9 Å². The van der Waals surface area contributed by atoms with Crippen molar-refractivity contribution in [2.75, 3.05) is 12.4 Å². The van der Waals surface area contributed by atoms with Crippen molar-refractivity contribution < 1.29 is 14.3 Å². The minimum absolute atomic E-state index is 0.0640. The summed E-state index contributed by atoms with van der Waals surface area (Å²) in [7, 11) is 1.64. The summed E-state index contributed by atoms with van der Waals surface area (Å²) in [6.45, 7) is 1.86.